The molecule has 0 amide bonds. The van der Waals surface area contributed by atoms with Crippen LogP contribution < -0.4 is 5.43 Å². The summed E-state index contributed by atoms with van der Waals surface area (Å²) in [6.45, 7) is 3.97. The average Bonchev–Trinajstić information content (AvgIpc) is 2.89. The smallest absolute Gasteiger partial charge is 0.298 e. The Kier molecular flexibility index (Phi) is 2.70. The number of benzene rings is 2. The van der Waals surface area contributed by atoms with Gasteiger partial charge in [-0.25, -0.2) is 0 Å². The molecule has 4 rings (SSSR count). The molecule has 1 aliphatic heterocycles. The molecule has 2 heterocycles. The SMILES string of the molecule is Cc1ccc(-c2coc3oc4cc(=O)cc(C)c-4cc23)cc1. The summed E-state index contributed by atoms with van der Waals surface area (Å²) in [5.41, 5.74) is 5.07. The van der Waals surface area contributed by atoms with Gasteiger partial charge in [0.15, 0.2) is 5.43 Å². The Morgan fingerprint density at radius 2 is 1.68 bits per heavy atom. The molecule has 0 saturated heterocycles. The maximum atomic E-state index is 11.6. The lowest BCUT2D eigenvalue weighted by atomic mass is 10.00. The van der Waals surface area contributed by atoms with Gasteiger partial charge in [0, 0.05) is 17.2 Å². The largest absolute Gasteiger partial charge is 0.433 e. The van der Waals surface area contributed by atoms with Crippen LogP contribution in [0.15, 0.2) is 62.4 Å². The first-order valence-corrected chi connectivity index (χ1v) is 7.14. The molecule has 0 saturated carbocycles. The van der Waals surface area contributed by atoms with Crippen molar-refractivity contribution in [2.45, 2.75) is 13.8 Å². The second-order valence-electron chi connectivity index (χ2n) is 5.61. The van der Waals surface area contributed by atoms with E-state index in [1.165, 1.54) is 11.6 Å². The zero-order valence-corrected chi connectivity index (χ0v) is 12.3. The molecule has 0 fully saturated rings. The van der Waals surface area contributed by atoms with Gasteiger partial charge in [-0.2, -0.15) is 0 Å². The van der Waals surface area contributed by atoms with Crippen molar-refractivity contribution in [2.24, 2.45) is 0 Å². The van der Waals surface area contributed by atoms with Gasteiger partial charge in [0.25, 0.3) is 5.78 Å². The summed E-state index contributed by atoms with van der Waals surface area (Å²) in [4.78, 5) is 11.6. The lowest BCUT2D eigenvalue weighted by Gasteiger charge is -2.07. The van der Waals surface area contributed by atoms with Crippen LogP contribution in [0.3, 0.4) is 0 Å². The van der Waals surface area contributed by atoms with E-state index in [4.69, 9.17) is 8.83 Å². The number of fused-ring (bicyclic) bond motifs is 2. The van der Waals surface area contributed by atoms with Crippen molar-refractivity contribution in [2.75, 3.05) is 0 Å². The lowest BCUT2D eigenvalue weighted by Crippen LogP contribution is -2.00. The van der Waals surface area contributed by atoms with Crippen molar-refractivity contribution in [3.05, 3.63) is 70.1 Å². The van der Waals surface area contributed by atoms with Gasteiger partial charge in [0.1, 0.15) is 12.0 Å². The number of furan rings is 1. The molecule has 0 radical (unpaired) electrons. The van der Waals surface area contributed by atoms with Crippen LogP contribution >= 0.6 is 0 Å². The first-order valence-electron chi connectivity index (χ1n) is 7.14. The molecule has 0 unspecified atom stereocenters. The lowest BCUT2D eigenvalue weighted by molar-refractivity contribution is 0.478. The summed E-state index contributed by atoms with van der Waals surface area (Å²) in [5.74, 6) is 0.996. The van der Waals surface area contributed by atoms with E-state index in [0.29, 0.717) is 11.5 Å². The normalized spacial score (nSPS) is 11.4. The molecule has 1 aromatic heterocycles. The summed E-state index contributed by atoms with van der Waals surface area (Å²) in [7, 11) is 0. The summed E-state index contributed by atoms with van der Waals surface area (Å²) in [5, 5.41) is 0.915. The Labute approximate surface area is 127 Å². The van der Waals surface area contributed by atoms with Gasteiger partial charge < -0.3 is 8.83 Å². The van der Waals surface area contributed by atoms with E-state index in [1.54, 1.807) is 12.3 Å². The Morgan fingerprint density at radius 3 is 2.45 bits per heavy atom. The third kappa shape index (κ3) is 1.94. The maximum Gasteiger partial charge on any atom is 0.298 e. The molecule has 22 heavy (non-hydrogen) atoms. The number of hydrogen-bond acceptors (Lipinski definition) is 3. The molecule has 0 bridgehead atoms. The van der Waals surface area contributed by atoms with E-state index in [1.807, 2.05) is 13.0 Å². The fraction of sp³-hybridized carbons (Fsp3) is 0.105. The first kappa shape index (κ1) is 12.9. The van der Waals surface area contributed by atoms with Gasteiger partial charge in [0.05, 0.1) is 5.39 Å². The van der Waals surface area contributed by atoms with Crippen LogP contribution in [0.25, 0.3) is 33.6 Å². The highest BCUT2D eigenvalue weighted by Gasteiger charge is 2.16. The molecule has 0 atom stereocenters. The van der Waals surface area contributed by atoms with Crippen molar-refractivity contribution in [1.82, 2.24) is 0 Å². The summed E-state index contributed by atoms with van der Waals surface area (Å²) < 4.78 is 11.3. The number of hydrogen-bond donors (Lipinski definition) is 0. The zero-order chi connectivity index (χ0) is 15.3. The summed E-state index contributed by atoms with van der Waals surface area (Å²) >= 11 is 0. The quantitative estimate of drug-likeness (QED) is 0.507. The van der Waals surface area contributed by atoms with Crippen LogP contribution in [0.1, 0.15) is 11.1 Å². The molecular weight excluding hydrogens is 276 g/mol. The minimum Gasteiger partial charge on any atom is -0.433 e. The van der Waals surface area contributed by atoms with Gasteiger partial charge in [-0.1, -0.05) is 29.8 Å². The molecular formula is C19H14O3. The van der Waals surface area contributed by atoms with E-state index in [-0.39, 0.29) is 5.43 Å². The molecule has 1 aromatic carbocycles. The number of aryl methyl sites for hydroxylation is 2. The Balaban J connectivity index is 2.03. The summed E-state index contributed by atoms with van der Waals surface area (Å²) in [6.07, 6.45) is 1.70. The minimum atomic E-state index is -0.0570. The van der Waals surface area contributed by atoms with Gasteiger partial charge in [-0.3, -0.25) is 4.79 Å². The zero-order valence-electron chi connectivity index (χ0n) is 12.3. The van der Waals surface area contributed by atoms with Crippen molar-refractivity contribution < 1.29 is 8.83 Å². The van der Waals surface area contributed by atoms with E-state index in [0.717, 1.165) is 27.6 Å². The van der Waals surface area contributed by atoms with Crippen LogP contribution in [0.5, 0.6) is 0 Å². The predicted octanol–water partition coefficient (Wildman–Crippen LogP) is 4.77. The molecule has 2 aliphatic rings. The van der Waals surface area contributed by atoms with Crippen molar-refractivity contribution in [1.29, 1.82) is 0 Å². The topological polar surface area (TPSA) is 43.4 Å². The molecule has 108 valence electrons. The average molecular weight is 290 g/mol. The van der Waals surface area contributed by atoms with E-state index < -0.39 is 0 Å². The maximum absolute atomic E-state index is 11.6. The van der Waals surface area contributed by atoms with E-state index >= 15 is 0 Å². The monoisotopic (exact) mass is 290 g/mol. The van der Waals surface area contributed by atoms with Crippen LogP contribution in [0, 0.1) is 13.8 Å². The molecule has 1 aliphatic carbocycles. The van der Waals surface area contributed by atoms with Crippen molar-refractivity contribution in [3.63, 3.8) is 0 Å². The van der Waals surface area contributed by atoms with Crippen LogP contribution in [-0.4, -0.2) is 0 Å². The predicted molar refractivity (Wildman–Crippen MR) is 86.3 cm³/mol. The highest BCUT2D eigenvalue weighted by Crippen LogP contribution is 2.36. The second kappa shape index (κ2) is 4.60. The van der Waals surface area contributed by atoms with Crippen molar-refractivity contribution in [3.8, 4) is 22.5 Å². The number of rotatable bonds is 1. The highest BCUT2D eigenvalue weighted by molar-refractivity contribution is 5.94. The standard InChI is InChI=1S/C19H14O3/c1-11-3-5-13(6-4-11)17-10-21-19-16(17)9-15-12(2)7-14(20)8-18(15)22-19/h3-10H,1-2H3. The van der Waals surface area contributed by atoms with Crippen LogP contribution in [-0.2, 0) is 0 Å². The van der Waals surface area contributed by atoms with Crippen LogP contribution in [0.2, 0.25) is 0 Å². The molecule has 3 heteroatoms. The fourth-order valence-electron chi connectivity index (χ4n) is 2.77. The van der Waals surface area contributed by atoms with Gasteiger partial charge >= 0.3 is 0 Å². The van der Waals surface area contributed by atoms with E-state index in [9.17, 15) is 4.79 Å². The van der Waals surface area contributed by atoms with E-state index in [2.05, 4.69) is 31.2 Å². The Hall–Kier alpha value is -2.81. The first-order chi connectivity index (χ1) is 10.6. The minimum absolute atomic E-state index is 0.0570. The fourth-order valence-corrected chi connectivity index (χ4v) is 2.77. The molecule has 3 nitrogen and oxygen atoms in total. The van der Waals surface area contributed by atoms with Gasteiger partial charge in [-0.05, 0) is 37.1 Å². The van der Waals surface area contributed by atoms with Gasteiger partial charge in [0.2, 0.25) is 0 Å². The third-order valence-electron chi connectivity index (χ3n) is 3.97. The Bertz CT molecular complexity index is 1000. The third-order valence-corrected chi connectivity index (χ3v) is 3.97. The summed E-state index contributed by atoms with van der Waals surface area (Å²) in [6, 6.07) is 13.4. The highest BCUT2D eigenvalue weighted by atomic mass is 16.5. The Morgan fingerprint density at radius 1 is 0.909 bits per heavy atom. The molecule has 2 aromatic rings. The van der Waals surface area contributed by atoms with Gasteiger partial charge in [-0.15, -0.1) is 0 Å². The van der Waals surface area contributed by atoms with Crippen LogP contribution in [0.4, 0.5) is 0 Å². The van der Waals surface area contributed by atoms with Crippen molar-refractivity contribution >= 4 is 11.2 Å². The molecule has 0 spiro atoms. The molecule has 0 N–H and O–H groups in total. The second-order valence-corrected chi connectivity index (χ2v) is 5.61.